The van der Waals surface area contributed by atoms with Gasteiger partial charge in [0.15, 0.2) is 0 Å². The van der Waals surface area contributed by atoms with Gasteiger partial charge in [-0.1, -0.05) is 12.1 Å². The Kier molecular flexibility index (Phi) is 4.97. The number of carbonyl (C=O) groups is 1. The normalized spacial score (nSPS) is 22.3. The van der Waals surface area contributed by atoms with Gasteiger partial charge < -0.3 is 14.4 Å². The van der Waals surface area contributed by atoms with Gasteiger partial charge in [-0.2, -0.15) is 0 Å². The summed E-state index contributed by atoms with van der Waals surface area (Å²) in [5.41, 5.74) is 0.859. The van der Waals surface area contributed by atoms with Crippen molar-refractivity contribution in [3.8, 4) is 0 Å². The molecule has 2 aromatic rings. The first-order chi connectivity index (χ1) is 13.1. The van der Waals surface area contributed by atoms with Gasteiger partial charge in [-0.05, 0) is 37.8 Å². The van der Waals surface area contributed by atoms with Crippen LogP contribution in [0.1, 0.15) is 25.7 Å². The Hall–Kier alpha value is -2.25. The third-order valence-corrected chi connectivity index (χ3v) is 5.88. The predicted molar refractivity (Wildman–Crippen MR) is 101 cm³/mol. The zero-order chi connectivity index (χ0) is 18.9. The molecule has 7 nitrogen and oxygen atoms in total. The minimum atomic E-state index is -0.274. The zero-order valence-electron chi connectivity index (χ0n) is 15.6. The first kappa shape index (κ1) is 18.1. The average molecular weight is 371 g/mol. The lowest BCUT2D eigenvalue weighted by Crippen LogP contribution is -2.57. The molecule has 4 rings (SSSR count). The standard InChI is InChI=1S/C20H25N3O4/c1-26-17-7-4-12-27-20(17)8-10-22(11-9-20)19(25)14-23-16-6-3-2-5-15(16)21-13-18(23)24/h2-3,5-6,13,17H,4,7-12,14H2,1H3/t17-/m0/s1. The lowest BCUT2D eigenvalue weighted by Gasteiger charge is -2.48. The smallest absolute Gasteiger partial charge is 0.269 e. The average Bonchev–Trinajstić information content (AvgIpc) is 2.71. The van der Waals surface area contributed by atoms with Gasteiger partial charge in [0.25, 0.3) is 5.56 Å². The number of hydrogen-bond acceptors (Lipinski definition) is 5. The number of likely N-dealkylation sites (tertiary alicyclic amines) is 1. The number of aromatic nitrogens is 2. The van der Waals surface area contributed by atoms with Crippen LogP contribution in [0.25, 0.3) is 11.0 Å². The summed E-state index contributed by atoms with van der Waals surface area (Å²) in [6.07, 6.45) is 4.92. The molecule has 0 bridgehead atoms. The first-order valence-electron chi connectivity index (χ1n) is 9.52. The van der Waals surface area contributed by atoms with Crippen LogP contribution in [0.4, 0.5) is 0 Å². The Bertz CT molecular complexity index is 886. The molecule has 1 amide bonds. The molecule has 144 valence electrons. The minimum Gasteiger partial charge on any atom is -0.378 e. The number of methoxy groups -OCH3 is 1. The lowest BCUT2D eigenvalue weighted by atomic mass is 9.82. The molecule has 2 saturated heterocycles. The van der Waals surface area contributed by atoms with E-state index >= 15 is 0 Å². The van der Waals surface area contributed by atoms with E-state index < -0.39 is 0 Å². The molecule has 1 atom stereocenters. The molecule has 1 aromatic carbocycles. The van der Waals surface area contributed by atoms with E-state index in [0.29, 0.717) is 24.1 Å². The highest BCUT2D eigenvalue weighted by atomic mass is 16.5. The maximum absolute atomic E-state index is 12.9. The van der Waals surface area contributed by atoms with E-state index in [1.807, 2.05) is 29.2 Å². The molecule has 27 heavy (non-hydrogen) atoms. The second-order valence-electron chi connectivity index (χ2n) is 7.33. The number of rotatable bonds is 3. The molecule has 3 heterocycles. The van der Waals surface area contributed by atoms with Crippen molar-refractivity contribution in [1.82, 2.24) is 14.5 Å². The monoisotopic (exact) mass is 371 g/mol. The molecule has 1 spiro atoms. The van der Waals surface area contributed by atoms with E-state index in [1.165, 1.54) is 10.8 Å². The molecule has 1 aromatic heterocycles. The summed E-state index contributed by atoms with van der Waals surface area (Å²) in [4.78, 5) is 31.1. The Balaban J connectivity index is 1.48. The van der Waals surface area contributed by atoms with E-state index in [0.717, 1.165) is 32.3 Å². The van der Waals surface area contributed by atoms with Crippen LogP contribution < -0.4 is 5.56 Å². The first-order valence-corrected chi connectivity index (χ1v) is 9.52. The number of nitrogens with zero attached hydrogens (tertiary/aromatic N) is 3. The molecule has 7 heteroatoms. The van der Waals surface area contributed by atoms with Gasteiger partial charge in [-0.15, -0.1) is 0 Å². The fourth-order valence-electron chi connectivity index (χ4n) is 4.35. The Morgan fingerprint density at radius 3 is 2.89 bits per heavy atom. The van der Waals surface area contributed by atoms with Gasteiger partial charge in [0.1, 0.15) is 6.54 Å². The maximum atomic E-state index is 12.9. The molecule has 0 radical (unpaired) electrons. The number of fused-ring (bicyclic) bond motifs is 1. The van der Waals surface area contributed by atoms with Gasteiger partial charge in [0.2, 0.25) is 5.91 Å². The number of carbonyl (C=O) groups excluding carboxylic acids is 1. The van der Waals surface area contributed by atoms with Gasteiger partial charge in [-0.3, -0.25) is 14.2 Å². The van der Waals surface area contributed by atoms with E-state index in [4.69, 9.17) is 9.47 Å². The van der Waals surface area contributed by atoms with Gasteiger partial charge in [-0.25, -0.2) is 4.98 Å². The molecular formula is C20H25N3O4. The number of para-hydroxylation sites is 2. The summed E-state index contributed by atoms with van der Waals surface area (Å²) < 4.78 is 13.3. The second kappa shape index (κ2) is 7.40. The highest BCUT2D eigenvalue weighted by molar-refractivity contribution is 5.80. The molecule has 2 aliphatic heterocycles. The highest BCUT2D eigenvalue weighted by Crippen LogP contribution is 2.36. The molecule has 0 aliphatic carbocycles. The number of benzene rings is 1. The van der Waals surface area contributed by atoms with Gasteiger partial charge >= 0.3 is 0 Å². The van der Waals surface area contributed by atoms with Gasteiger partial charge in [0.05, 0.1) is 28.9 Å². The predicted octanol–water partition coefficient (Wildman–Crippen LogP) is 1.58. The van der Waals surface area contributed by atoms with E-state index in [2.05, 4.69) is 4.98 Å². The van der Waals surface area contributed by atoms with Gasteiger partial charge in [0, 0.05) is 26.8 Å². The summed E-state index contributed by atoms with van der Waals surface area (Å²) >= 11 is 0. The molecular weight excluding hydrogens is 346 g/mol. The number of piperidine rings is 1. The molecule has 0 N–H and O–H groups in total. The van der Waals surface area contributed by atoms with Crippen molar-refractivity contribution < 1.29 is 14.3 Å². The van der Waals surface area contributed by atoms with Crippen LogP contribution in [0.5, 0.6) is 0 Å². The van der Waals surface area contributed by atoms with Crippen molar-refractivity contribution in [3.05, 3.63) is 40.8 Å². The lowest BCUT2D eigenvalue weighted by molar-refractivity contribution is -0.188. The summed E-state index contributed by atoms with van der Waals surface area (Å²) in [6, 6.07) is 7.37. The molecule has 0 saturated carbocycles. The summed E-state index contributed by atoms with van der Waals surface area (Å²) in [7, 11) is 1.74. The largest absolute Gasteiger partial charge is 0.378 e. The third kappa shape index (κ3) is 3.37. The number of hydrogen-bond donors (Lipinski definition) is 0. The number of amides is 1. The highest BCUT2D eigenvalue weighted by Gasteiger charge is 2.45. The van der Waals surface area contributed by atoms with Crippen LogP contribution in [-0.4, -0.2) is 58.9 Å². The van der Waals surface area contributed by atoms with Crippen molar-refractivity contribution in [2.24, 2.45) is 0 Å². The maximum Gasteiger partial charge on any atom is 0.269 e. The van der Waals surface area contributed by atoms with E-state index in [9.17, 15) is 9.59 Å². The van der Waals surface area contributed by atoms with Crippen molar-refractivity contribution in [2.45, 2.75) is 43.9 Å². The molecule has 0 unspecified atom stereocenters. The van der Waals surface area contributed by atoms with Crippen molar-refractivity contribution in [2.75, 3.05) is 26.8 Å². The number of ether oxygens (including phenoxy) is 2. The van der Waals surface area contributed by atoms with Crippen LogP contribution in [0.2, 0.25) is 0 Å². The van der Waals surface area contributed by atoms with E-state index in [-0.39, 0.29) is 29.7 Å². The Morgan fingerprint density at radius 2 is 2.11 bits per heavy atom. The quantitative estimate of drug-likeness (QED) is 0.819. The Labute approximate surface area is 157 Å². The minimum absolute atomic E-state index is 0.0312. The second-order valence-corrected chi connectivity index (χ2v) is 7.33. The fourth-order valence-corrected chi connectivity index (χ4v) is 4.35. The Morgan fingerprint density at radius 1 is 1.33 bits per heavy atom. The van der Waals surface area contributed by atoms with Crippen LogP contribution >= 0.6 is 0 Å². The van der Waals surface area contributed by atoms with Crippen molar-refractivity contribution >= 4 is 16.9 Å². The topological polar surface area (TPSA) is 73.7 Å². The summed E-state index contributed by atoms with van der Waals surface area (Å²) in [5, 5.41) is 0. The van der Waals surface area contributed by atoms with Crippen LogP contribution in [0.15, 0.2) is 35.3 Å². The molecule has 2 aliphatic rings. The van der Waals surface area contributed by atoms with Crippen LogP contribution in [0, 0.1) is 0 Å². The zero-order valence-corrected chi connectivity index (χ0v) is 15.6. The van der Waals surface area contributed by atoms with Crippen molar-refractivity contribution in [3.63, 3.8) is 0 Å². The SMILES string of the molecule is CO[C@H]1CCCOC12CCN(C(=O)Cn1c(=O)cnc3ccccc31)CC2. The summed E-state index contributed by atoms with van der Waals surface area (Å²) in [5.74, 6) is -0.0481. The summed E-state index contributed by atoms with van der Waals surface area (Å²) in [6.45, 7) is 2.03. The van der Waals surface area contributed by atoms with Crippen LogP contribution in [0.3, 0.4) is 0 Å². The third-order valence-electron chi connectivity index (χ3n) is 5.88. The molecule has 2 fully saturated rings. The van der Waals surface area contributed by atoms with Crippen LogP contribution in [-0.2, 0) is 20.8 Å². The van der Waals surface area contributed by atoms with Crippen molar-refractivity contribution in [1.29, 1.82) is 0 Å². The fraction of sp³-hybridized carbons (Fsp3) is 0.550. The van der Waals surface area contributed by atoms with E-state index in [1.54, 1.807) is 7.11 Å².